The molecule has 43 heavy (non-hydrogen) atoms. The summed E-state index contributed by atoms with van der Waals surface area (Å²) in [7, 11) is 0. The monoisotopic (exact) mass is 576 g/mol. The van der Waals surface area contributed by atoms with E-state index in [1.165, 1.54) is 12.8 Å². The van der Waals surface area contributed by atoms with Crippen LogP contribution in [0.15, 0.2) is 109 Å². The summed E-state index contributed by atoms with van der Waals surface area (Å²) in [5.41, 5.74) is 2.97. The van der Waals surface area contributed by atoms with Gasteiger partial charge in [0.05, 0.1) is 6.61 Å². The largest absolute Gasteiger partial charge is 0.494 e. The SMILES string of the molecule is O=C(c1ccccc1)c1ccccc1N[C@@H](Cc1ccc(OCCCN(CC2CC2)C(=O)c2ccccc2)cc1)C(=O)O. The van der Waals surface area contributed by atoms with Crippen LogP contribution in [-0.4, -0.2) is 53.4 Å². The Morgan fingerprint density at radius 1 is 0.814 bits per heavy atom. The van der Waals surface area contributed by atoms with E-state index < -0.39 is 12.0 Å². The topological polar surface area (TPSA) is 95.9 Å². The van der Waals surface area contributed by atoms with Crippen molar-refractivity contribution < 1.29 is 24.2 Å². The van der Waals surface area contributed by atoms with E-state index in [1.54, 1.807) is 48.5 Å². The average Bonchev–Trinajstić information content (AvgIpc) is 3.87. The third-order valence-electron chi connectivity index (χ3n) is 7.52. The van der Waals surface area contributed by atoms with Gasteiger partial charge >= 0.3 is 5.97 Å². The number of aliphatic carboxylic acids is 1. The molecular formula is C36H36N2O5. The maximum Gasteiger partial charge on any atom is 0.326 e. The van der Waals surface area contributed by atoms with E-state index in [-0.39, 0.29) is 18.1 Å². The molecule has 0 radical (unpaired) electrons. The number of ketones is 1. The predicted octanol–water partition coefficient (Wildman–Crippen LogP) is 6.35. The highest BCUT2D eigenvalue weighted by Crippen LogP contribution is 2.30. The number of amides is 1. The zero-order valence-electron chi connectivity index (χ0n) is 24.0. The van der Waals surface area contributed by atoms with Crippen molar-refractivity contribution in [2.75, 3.05) is 25.0 Å². The average molecular weight is 577 g/mol. The van der Waals surface area contributed by atoms with E-state index in [1.807, 2.05) is 65.6 Å². The van der Waals surface area contributed by atoms with E-state index in [4.69, 9.17) is 4.74 Å². The van der Waals surface area contributed by atoms with Crippen molar-refractivity contribution in [1.82, 2.24) is 4.90 Å². The number of rotatable bonds is 15. The van der Waals surface area contributed by atoms with E-state index >= 15 is 0 Å². The number of carboxylic acid groups (broad SMARTS) is 1. The van der Waals surface area contributed by atoms with Gasteiger partial charge in [-0.2, -0.15) is 0 Å². The molecule has 1 fully saturated rings. The lowest BCUT2D eigenvalue weighted by molar-refractivity contribution is -0.137. The molecule has 0 bridgehead atoms. The van der Waals surface area contributed by atoms with Crippen LogP contribution >= 0.6 is 0 Å². The zero-order chi connectivity index (χ0) is 30.0. The van der Waals surface area contributed by atoms with Gasteiger partial charge in [-0.25, -0.2) is 4.79 Å². The number of nitrogens with one attached hydrogen (secondary N) is 1. The first kappa shape index (κ1) is 29.6. The van der Waals surface area contributed by atoms with Gasteiger partial charge in [-0.3, -0.25) is 9.59 Å². The van der Waals surface area contributed by atoms with Crippen LogP contribution in [0.25, 0.3) is 0 Å². The number of carboxylic acids is 1. The fourth-order valence-electron chi connectivity index (χ4n) is 4.99. The Morgan fingerprint density at radius 3 is 2.09 bits per heavy atom. The molecule has 2 N–H and O–H groups in total. The van der Waals surface area contributed by atoms with Crippen molar-refractivity contribution in [3.8, 4) is 5.75 Å². The lowest BCUT2D eigenvalue weighted by atomic mass is 10.00. The predicted molar refractivity (Wildman–Crippen MR) is 167 cm³/mol. The zero-order valence-corrected chi connectivity index (χ0v) is 24.0. The van der Waals surface area contributed by atoms with Gasteiger partial charge in [0.2, 0.25) is 0 Å². The highest BCUT2D eigenvalue weighted by molar-refractivity contribution is 6.12. The molecule has 220 valence electrons. The quantitative estimate of drug-likeness (QED) is 0.127. The van der Waals surface area contributed by atoms with Crippen molar-refractivity contribution in [1.29, 1.82) is 0 Å². The minimum Gasteiger partial charge on any atom is -0.494 e. The van der Waals surface area contributed by atoms with Crippen molar-refractivity contribution >= 4 is 23.3 Å². The molecule has 1 amide bonds. The highest BCUT2D eigenvalue weighted by atomic mass is 16.5. The molecule has 0 aromatic heterocycles. The van der Waals surface area contributed by atoms with Crippen LogP contribution in [-0.2, 0) is 11.2 Å². The van der Waals surface area contributed by atoms with E-state index in [9.17, 15) is 19.5 Å². The van der Waals surface area contributed by atoms with Crippen LogP contribution in [0.1, 0.15) is 51.1 Å². The van der Waals surface area contributed by atoms with Gasteiger partial charge in [0.1, 0.15) is 11.8 Å². The number of nitrogens with zero attached hydrogens (tertiary/aromatic N) is 1. The lowest BCUT2D eigenvalue weighted by Crippen LogP contribution is -2.34. The molecule has 5 rings (SSSR count). The molecule has 7 nitrogen and oxygen atoms in total. The number of ether oxygens (including phenoxy) is 1. The van der Waals surface area contributed by atoms with Crippen LogP contribution in [0, 0.1) is 5.92 Å². The molecule has 1 saturated carbocycles. The summed E-state index contributed by atoms with van der Waals surface area (Å²) in [4.78, 5) is 40.2. The van der Waals surface area contributed by atoms with Gasteiger partial charge in [0.15, 0.2) is 5.78 Å². The third-order valence-corrected chi connectivity index (χ3v) is 7.52. The standard InChI is InChI=1S/C36H36N2O5/c39-34(28-10-3-1-4-11-28)31-14-7-8-15-32(31)37-33(36(41)42)24-26-18-20-30(21-19-26)43-23-9-22-38(25-27-16-17-27)35(40)29-12-5-2-6-13-29/h1-8,10-15,18-21,27,33,37H,9,16-17,22-25H2,(H,41,42)/t33-/m0/s1. The summed E-state index contributed by atoms with van der Waals surface area (Å²) in [6.07, 6.45) is 3.29. The number of benzene rings is 4. The second kappa shape index (κ2) is 14.3. The second-order valence-electron chi connectivity index (χ2n) is 10.9. The Hall–Kier alpha value is -4.91. The maximum atomic E-state index is 13.1. The van der Waals surface area contributed by atoms with Crippen molar-refractivity contribution in [3.63, 3.8) is 0 Å². The minimum atomic E-state index is -1.01. The first-order valence-corrected chi connectivity index (χ1v) is 14.7. The Kier molecular flexibility index (Phi) is 9.85. The summed E-state index contributed by atoms with van der Waals surface area (Å²) in [5, 5.41) is 13.0. The third kappa shape index (κ3) is 8.32. The van der Waals surface area contributed by atoms with Gasteiger partial charge in [-0.1, -0.05) is 72.8 Å². The molecule has 1 aliphatic rings. The van der Waals surface area contributed by atoms with E-state index in [0.717, 1.165) is 12.1 Å². The molecule has 0 unspecified atom stereocenters. The molecule has 4 aromatic rings. The van der Waals surface area contributed by atoms with Crippen molar-refractivity contribution in [3.05, 3.63) is 131 Å². The van der Waals surface area contributed by atoms with Crippen molar-refractivity contribution in [2.45, 2.75) is 31.7 Å². The minimum absolute atomic E-state index is 0.0607. The summed E-state index contributed by atoms with van der Waals surface area (Å²) in [5.74, 6) is 0.164. The van der Waals surface area contributed by atoms with Gasteiger partial charge in [-0.15, -0.1) is 0 Å². The van der Waals surface area contributed by atoms with Gasteiger partial charge in [0.25, 0.3) is 5.91 Å². The summed E-state index contributed by atoms with van der Waals surface area (Å²) < 4.78 is 5.94. The van der Waals surface area contributed by atoms with Gasteiger partial charge < -0.3 is 20.1 Å². The number of hydrogen-bond donors (Lipinski definition) is 2. The number of para-hydroxylation sites is 1. The number of carbonyl (C=O) groups is 3. The lowest BCUT2D eigenvalue weighted by Gasteiger charge is -2.23. The van der Waals surface area contributed by atoms with E-state index in [0.29, 0.717) is 53.6 Å². The first-order chi connectivity index (χ1) is 21.0. The van der Waals surface area contributed by atoms with Gasteiger partial charge in [-0.05, 0) is 67.1 Å². The van der Waals surface area contributed by atoms with Crippen LogP contribution in [0.4, 0.5) is 5.69 Å². The molecular weight excluding hydrogens is 540 g/mol. The fraction of sp³-hybridized carbons (Fsp3) is 0.250. The van der Waals surface area contributed by atoms with Crippen molar-refractivity contribution in [2.24, 2.45) is 5.92 Å². The van der Waals surface area contributed by atoms with Crippen LogP contribution in [0.5, 0.6) is 5.75 Å². The summed E-state index contributed by atoms with van der Waals surface area (Å²) in [6.45, 7) is 1.88. The summed E-state index contributed by atoms with van der Waals surface area (Å²) >= 11 is 0. The maximum absolute atomic E-state index is 13.1. The Morgan fingerprint density at radius 2 is 1.44 bits per heavy atom. The molecule has 1 atom stereocenters. The van der Waals surface area contributed by atoms with Crippen LogP contribution in [0.2, 0.25) is 0 Å². The number of anilines is 1. The summed E-state index contributed by atoms with van der Waals surface area (Å²) in [6, 6.07) is 31.7. The molecule has 0 spiro atoms. The fourth-order valence-corrected chi connectivity index (χ4v) is 4.99. The van der Waals surface area contributed by atoms with Gasteiger partial charge in [0, 0.05) is 41.9 Å². The first-order valence-electron chi connectivity index (χ1n) is 14.7. The van der Waals surface area contributed by atoms with Crippen LogP contribution in [0.3, 0.4) is 0 Å². The normalized spacial score (nSPS) is 13.1. The second-order valence-corrected chi connectivity index (χ2v) is 10.9. The Balaban J connectivity index is 1.15. The molecule has 1 aliphatic carbocycles. The molecule has 4 aromatic carbocycles. The smallest absolute Gasteiger partial charge is 0.326 e. The molecule has 0 aliphatic heterocycles. The molecule has 0 saturated heterocycles. The molecule has 0 heterocycles. The number of carbonyl (C=O) groups excluding carboxylic acids is 2. The molecule has 7 heteroatoms. The number of hydrogen-bond acceptors (Lipinski definition) is 5. The van der Waals surface area contributed by atoms with E-state index in [2.05, 4.69) is 5.32 Å². The Bertz CT molecular complexity index is 1520. The van der Waals surface area contributed by atoms with Crippen LogP contribution < -0.4 is 10.1 Å². The highest BCUT2D eigenvalue weighted by Gasteiger charge is 2.27. The Labute approximate surface area is 252 Å².